The first-order chi connectivity index (χ1) is 9.38. The molecule has 4 fully saturated rings. The van der Waals surface area contributed by atoms with Crippen molar-refractivity contribution in [1.29, 1.82) is 0 Å². The fraction of sp³-hybridized carbons (Fsp3) is 0.812. The fourth-order valence-corrected chi connectivity index (χ4v) is 5.78. The van der Waals surface area contributed by atoms with E-state index in [1.165, 1.54) is 49.1 Å². The number of nitrogens with zero attached hydrogens (tertiary/aromatic N) is 1. The average molecular weight is 258 g/mol. The van der Waals surface area contributed by atoms with Crippen LogP contribution in [0.4, 0.5) is 0 Å². The summed E-state index contributed by atoms with van der Waals surface area (Å²) < 4.78 is 5.85. The van der Waals surface area contributed by atoms with Gasteiger partial charge in [0, 0.05) is 31.0 Å². The normalized spacial score (nSPS) is 43.5. The summed E-state index contributed by atoms with van der Waals surface area (Å²) >= 11 is 0. The maximum atomic E-state index is 5.85. The van der Waals surface area contributed by atoms with Crippen molar-refractivity contribution < 1.29 is 4.52 Å². The van der Waals surface area contributed by atoms with Crippen molar-refractivity contribution in [1.82, 2.24) is 10.5 Å². The van der Waals surface area contributed by atoms with E-state index in [0.717, 1.165) is 43.2 Å². The maximum Gasteiger partial charge on any atom is 0.145 e. The van der Waals surface area contributed by atoms with Gasteiger partial charge in [-0.15, -0.1) is 0 Å². The van der Waals surface area contributed by atoms with Crippen molar-refractivity contribution in [3.63, 3.8) is 0 Å². The SMILES string of the molecule is C1Cc2noc(C3C4CC5CC(C4)CC3C5)c2CN1. The minimum absolute atomic E-state index is 0.698. The summed E-state index contributed by atoms with van der Waals surface area (Å²) in [5.74, 6) is 5.84. The van der Waals surface area contributed by atoms with Gasteiger partial charge in [0.05, 0.1) is 5.69 Å². The van der Waals surface area contributed by atoms with Crippen LogP contribution >= 0.6 is 0 Å². The molecule has 0 atom stereocenters. The van der Waals surface area contributed by atoms with Gasteiger partial charge in [-0.25, -0.2) is 0 Å². The average Bonchev–Trinajstić information content (AvgIpc) is 2.82. The summed E-state index contributed by atoms with van der Waals surface area (Å²) in [4.78, 5) is 0. The molecular formula is C16H22N2O. The first kappa shape index (κ1) is 10.9. The van der Waals surface area contributed by atoms with Crippen molar-refractivity contribution in [3.05, 3.63) is 17.0 Å². The van der Waals surface area contributed by atoms with Crippen molar-refractivity contribution >= 4 is 0 Å². The molecule has 0 radical (unpaired) electrons. The van der Waals surface area contributed by atoms with E-state index in [-0.39, 0.29) is 0 Å². The van der Waals surface area contributed by atoms with Crippen LogP contribution in [0.15, 0.2) is 4.52 Å². The minimum Gasteiger partial charge on any atom is -0.360 e. The molecule has 19 heavy (non-hydrogen) atoms. The molecule has 2 heterocycles. The van der Waals surface area contributed by atoms with Gasteiger partial charge in [-0.3, -0.25) is 0 Å². The molecule has 1 aromatic heterocycles. The topological polar surface area (TPSA) is 38.1 Å². The van der Waals surface area contributed by atoms with E-state index in [1.807, 2.05) is 0 Å². The van der Waals surface area contributed by atoms with Crippen LogP contribution in [0.25, 0.3) is 0 Å². The maximum absolute atomic E-state index is 5.85. The smallest absolute Gasteiger partial charge is 0.145 e. The zero-order valence-electron chi connectivity index (χ0n) is 11.4. The molecule has 5 aliphatic rings. The Morgan fingerprint density at radius 1 is 1.00 bits per heavy atom. The Labute approximate surface area is 114 Å². The molecule has 4 saturated carbocycles. The van der Waals surface area contributed by atoms with E-state index < -0.39 is 0 Å². The summed E-state index contributed by atoms with van der Waals surface area (Å²) in [5.41, 5.74) is 2.66. The van der Waals surface area contributed by atoms with Crippen LogP contribution < -0.4 is 5.32 Å². The molecule has 3 nitrogen and oxygen atoms in total. The lowest BCUT2D eigenvalue weighted by molar-refractivity contribution is -0.0117. The Morgan fingerprint density at radius 2 is 1.74 bits per heavy atom. The van der Waals surface area contributed by atoms with Crippen LogP contribution in [0.5, 0.6) is 0 Å². The lowest BCUT2D eigenvalue weighted by Crippen LogP contribution is -2.44. The van der Waals surface area contributed by atoms with Gasteiger partial charge in [-0.2, -0.15) is 0 Å². The molecule has 6 rings (SSSR count). The standard InChI is InChI=1S/C16H22N2O/c1-2-17-8-13-14(1)18-19-16(13)15-11-4-9-3-10(6-11)7-12(15)5-9/h9-12,15,17H,1-8H2. The molecule has 0 spiro atoms. The number of aromatic nitrogens is 1. The number of rotatable bonds is 1. The van der Waals surface area contributed by atoms with Crippen molar-refractivity contribution in [2.45, 2.75) is 51.0 Å². The molecule has 4 bridgehead atoms. The van der Waals surface area contributed by atoms with E-state index in [9.17, 15) is 0 Å². The zero-order valence-corrected chi connectivity index (χ0v) is 11.4. The van der Waals surface area contributed by atoms with Crippen molar-refractivity contribution in [3.8, 4) is 0 Å². The second-order valence-electron chi connectivity index (χ2n) is 7.36. The molecule has 1 N–H and O–H groups in total. The Kier molecular flexibility index (Phi) is 2.21. The highest BCUT2D eigenvalue weighted by Gasteiger charge is 2.50. The quantitative estimate of drug-likeness (QED) is 0.841. The highest BCUT2D eigenvalue weighted by atomic mass is 16.5. The van der Waals surface area contributed by atoms with Gasteiger partial charge in [0.15, 0.2) is 0 Å². The number of nitrogens with one attached hydrogen (secondary N) is 1. The number of hydrogen-bond donors (Lipinski definition) is 1. The first-order valence-electron chi connectivity index (χ1n) is 8.06. The highest BCUT2D eigenvalue weighted by Crippen LogP contribution is 2.60. The van der Waals surface area contributed by atoms with Crippen LogP contribution in [0, 0.1) is 23.7 Å². The van der Waals surface area contributed by atoms with Crippen LogP contribution in [0.3, 0.4) is 0 Å². The monoisotopic (exact) mass is 258 g/mol. The molecule has 0 unspecified atom stereocenters. The van der Waals surface area contributed by atoms with Crippen molar-refractivity contribution in [2.75, 3.05) is 6.54 Å². The van der Waals surface area contributed by atoms with E-state index in [1.54, 1.807) is 0 Å². The summed E-state index contributed by atoms with van der Waals surface area (Å²) in [6, 6.07) is 0. The zero-order chi connectivity index (χ0) is 12.4. The summed E-state index contributed by atoms with van der Waals surface area (Å²) in [6.45, 7) is 2.04. The van der Waals surface area contributed by atoms with Crippen LogP contribution in [-0.2, 0) is 13.0 Å². The van der Waals surface area contributed by atoms with Gasteiger partial charge in [0.25, 0.3) is 0 Å². The Bertz CT molecular complexity index is 479. The second kappa shape index (κ2) is 3.85. The van der Waals surface area contributed by atoms with Gasteiger partial charge in [-0.05, 0) is 55.8 Å². The van der Waals surface area contributed by atoms with Crippen molar-refractivity contribution in [2.24, 2.45) is 23.7 Å². The third kappa shape index (κ3) is 1.51. The second-order valence-corrected chi connectivity index (χ2v) is 7.36. The Balaban J connectivity index is 1.54. The first-order valence-corrected chi connectivity index (χ1v) is 8.06. The highest BCUT2D eigenvalue weighted by molar-refractivity contribution is 5.30. The molecule has 4 aliphatic carbocycles. The summed E-state index contributed by atoms with van der Waals surface area (Å²) in [6.07, 6.45) is 8.41. The number of hydrogen-bond acceptors (Lipinski definition) is 3. The molecule has 1 aliphatic heterocycles. The largest absolute Gasteiger partial charge is 0.360 e. The van der Waals surface area contributed by atoms with E-state index in [0.29, 0.717) is 5.92 Å². The van der Waals surface area contributed by atoms with Gasteiger partial charge in [-0.1, -0.05) is 5.16 Å². The molecular weight excluding hydrogens is 236 g/mol. The lowest BCUT2D eigenvalue weighted by Gasteiger charge is -2.53. The molecule has 0 aromatic carbocycles. The summed E-state index contributed by atoms with van der Waals surface area (Å²) in [5, 5.41) is 7.86. The minimum atomic E-state index is 0.698. The lowest BCUT2D eigenvalue weighted by atomic mass is 9.51. The predicted octanol–water partition coefficient (Wildman–Crippen LogP) is 2.86. The molecule has 1 aromatic rings. The van der Waals surface area contributed by atoms with Crippen LogP contribution in [0.2, 0.25) is 0 Å². The Hall–Kier alpha value is -0.830. The fourth-order valence-electron chi connectivity index (χ4n) is 5.78. The van der Waals surface area contributed by atoms with Crippen LogP contribution in [-0.4, -0.2) is 11.7 Å². The number of fused-ring (bicyclic) bond motifs is 1. The van der Waals surface area contributed by atoms with E-state index in [2.05, 4.69) is 10.5 Å². The van der Waals surface area contributed by atoms with Crippen LogP contribution in [0.1, 0.15) is 55.0 Å². The third-order valence-corrected chi connectivity index (χ3v) is 6.27. The summed E-state index contributed by atoms with van der Waals surface area (Å²) in [7, 11) is 0. The molecule has 0 saturated heterocycles. The van der Waals surface area contributed by atoms with Gasteiger partial charge < -0.3 is 9.84 Å². The molecule has 0 amide bonds. The molecule has 3 heteroatoms. The van der Waals surface area contributed by atoms with Gasteiger partial charge >= 0.3 is 0 Å². The van der Waals surface area contributed by atoms with Gasteiger partial charge in [0.1, 0.15) is 5.76 Å². The Morgan fingerprint density at radius 3 is 2.47 bits per heavy atom. The van der Waals surface area contributed by atoms with Gasteiger partial charge in [0.2, 0.25) is 0 Å². The predicted molar refractivity (Wildman–Crippen MR) is 71.7 cm³/mol. The van der Waals surface area contributed by atoms with E-state index >= 15 is 0 Å². The van der Waals surface area contributed by atoms with E-state index in [4.69, 9.17) is 4.52 Å². The third-order valence-electron chi connectivity index (χ3n) is 6.27. The molecule has 102 valence electrons.